The van der Waals surface area contributed by atoms with Crippen molar-refractivity contribution in [3.05, 3.63) is 52.9 Å². The van der Waals surface area contributed by atoms with Gasteiger partial charge in [-0.1, -0.05) is 12.8 Å². The molecule has 5 rings (SSSR count). The normalized spacial score (nSPS) is 21.5. The average Bonchev–Trinajstić information content (AvgIpc) is 2.82. The van der Waals surface area contributed by atoms with E-state index in [1.165, 1.54) is 12.8 Å². The van der Waals surface area contributed by atoms with E-state index in [4.69, 9.17) is 15.5 Å². The van der Waals surface area contributed by atoms with Gasteiger partial charge in [0.25, 0.3) is 5.56 Å². The molecule has 3 heterocycles. The SMILES string of the molecule is N[C@@H]1CCCCC1Nc1cc2cc[nH]c(=O)c2c(Nc2ccc(N3CCOCC3)cc2)n1. The highest BCUT2D eigenvalue weighted by Crippen LogP contribution is 2.28. The van der Waals surface area contributed by atoms with Gasteiger partial charge in [-0.15, -0.1) is 0 Å². The minimum atomic E-state index is -0.164. The highest BCUT2D eigenvalue weighted by Gasteiger charge is 2.22. The van der Waals surface area contributed by atoms with Gasteiger partial charge in [-0.3, -0.25) is 4.79 Å². The van der Waals surface area contributed by atoms with Gasteiger partial charge in [-0.25, -0.2) is 4.98 Å². The molecule has 2 aromatic heterocycles. The molecule has 1 aliphatic heterocycles. The van der Waals surface area contributed by atoms with Crippen molar-refractivity contribution in [2.75, 3.05) is 41.8 Å². The van der Waals surface area contributed by atoms with E-state index in [9.17, 15) is 4.79 Å². The topological polar surface area (TPSA) is 108 Å². The van der Waals surface area contributed by atoms with Crippen LogP contribution in [0, 0.1) is 0 Å². The number of rotatable bonds is 5. The van der Waals surface area contributed by atoms with Crippen molar-refractivity contribution >= 4 is 33.8 Å². The Morgan fingerprint density at radius 1 is 1.09 bits per heavy atom. The summed E-state index contributed by atoms with van der Waals surface area (Å²) in [5.74, 6) is 1.27. The van der Waals surface area contributed by atoms with Crippen LogP contribution in [-0.4, -0.2) is 48.4 Å². The first kappa shape index (κ1) is 20.8. The van der Waals surface area contributed by atoms with Crippen molar-refractivity contribution < 1.29 is 4.74 Å². The number of benzene rings is 1. The van der Waals surface area contributed by atoms with Crippen LogP contribution in [0.25, 0.3) is 10.8 Å². The van der Waals surface area contributed by atoms with Gasteiger partial charge in [-0.2, -0.15) is 0 Å². The van der Waals surface area contributed by atoms with Crippen LogP contribution >= 0.6 is 0 Å². The predicted molar refractivity (Wildman–Crippen MR) is 129 cm³/mol. The van der Waals surface area contributed by atoms with Crippen molar-refractivity contribution in [2.45, 2.75) is 37.8 Å². The van der Waals surface area contributed by atoms with Crippen molar-refractivity contribution in [1.82, 2.24) is 9.97 Å². The lowest BCUT2D eigenvalue weighted by molar-refractivity contribution is 0.122. The molecule has 168 valence electrons. The number of hydrogen-bond donors (Lipinski definition) is 4. The summed E-state index contributed by atoms with van der Waals surface area (Å²) in [5.41, 5.74) is 8.21. The van der Waals surface area contributed by atoms with E-state index in [-0.39, 0.29) is 17.6 Å². The Balaban J connectivity index is 1.43. The second-order valence-corrected chi connectivity index (χ2v) is 8.60. The zero-order chi connectivity index (χ0) is 21.9. The number of morpholine rings is 1. The summed E-state index contributed by atoms with van der Waals surface area (Å²) in [5, 5.41) is 8.26. The number of aromatic amines is 1. The number of anilines is 4. The maximum Gasteiger partial charge on any atom is 0.259 e. The molecule has 32 heavy (non-hydrogen) atoms. The first-order valence-corrected chi connectivity index (χ1v) is 11.4. The van der Waals surface area contributed by atoms with Crippen LogP contribution in [0.15, 0.2) is 47.4 Å². The van der Waals surface area contributed by atoms with E-state index >= 15 is 0 Å². The Hall–Kier alpha value is -3.10. The van der Waals surface area contributed by atoms with E-state index in [1.807, 2.05) is 24.3 Å². The van der Waals surface area contributed by atoms with Gasteiger partial charge in [0.15, 0.2) is 0 Å². The minimum absolute atomic E-state index is 0.115. The number of fused-ring (bicyclic) bond motifs is 1. The van der Waals surface area contributed by atoms with Crippen LogP contribution in [-0.2, 0) is 4.74 Å². The lowest BCUT2D eigenvalue weighted by Gasteiger charge is -2.30. The third-order valence-electron chi connectivity index (χ3n) is 6.41. The lowest BCUT2D eigenvalue weighted by atomic mass is 9.91. The van der Waals surface area contributed by atoms with Crippen LogP contribution in [0.2, 0.25) is 0 Å². The van der Waals surface area contributed by atoms with Crippen LogP contribution in [0.5, 0.6) is 0 Å². The number of nitrogens with two attached hydrogens (primary N) is 1. The van der Waals surface area contributed by atoms with Crippen LogP contribution in [0.1, 0.15) is 25.7 Å². The molecule has 2 aliphatic rings. The standard InChI is InChI=1S/C24H30N6O2/c25-19-3-1-2-4-20(19)28-21-15-16-9-10-26-24(31)22(16)23(29-21)27-17-5-7-18(8-6-17)30-11-13-32-14-12-30/h5-10,15,19-20H,1-4,11-14,25H2,(H,26,31)(H2,27,28,29)/t19-,20?/m1/s1. The highest BCUT2D eigenvalue weighted by molar-refractivity contribution is 5.94. The van der Waals surface area contributed by atoms with Crippen LogP contribution in [0.4, 0.5) is 23.0 Å². The molecule has 3 aromatic rings. The number of nitrogens with one attached hydrogen (secondary N) is 3. The fourth-order valence-electron chi connectivity index (χ4n) is 4.62. The molecule has 1 saturated carbocycles. The molecular weight excluding hydrogens is 404 g/mol. The minimum Gasteiger partial charge on any atom is -0.378 e. The van der Waals surface area contributed by atoms with E-state index in [2.05, 4.69) is 32.7 Å². The summed E-state index contributed by atoms with van der Waals surface area (Å²) in [4.78, 5) is 22.5. The maximum absolute atomic E-state index is 12.6. The molecule has 2 atom stereocenters. The van der Waals surface area contributed by atoms with Crippen LogP contribution < -0.4 is 26.8 Å². The Bertz CT molecular complexity index is 1120. The van der Waals surface area contributed by atoms with Crippen LogP contribution in [0.3, 0.4) is 0 Å². The smallest absolute Gasteiger partial charge is 0.259 e. The fraction of sp³-hybridized carbons (Fsp3) is 0.417. The molecule has 1 aromatic carbocycles. The Kier molecular flexibility index (Phi) is 5.96. The number of aromatic nitrogens is 2. The summed E-state index contributed by atoms with van der Waals surface area (Å²) in [6.45, 7) is 3.29. The summed E-state index contributed by atoms with van der Waals surface area (Å²) < 4.78 is 5.44. The summed E-state index contributed by atoms with van der Waals surface area (Å²) in [6, 6.07) is 12.3. The van der Waals surface area contributed by atoms with E-state index < -0.39 is 0 Å². The Morgan fingerprint density at radius 2 is 1.88 bits per heavy atom. The van der Waals surface area contributed by atoms with Gasteiger partial charge in [-0.05, 0) is 54.6 Å². The van der Waals surface area contributed by atoms with Gasteiger partial charge >= 0.3 is 0 Å². The first-order chi connectivity index (χ1) is 15.7. The van der Waals surface area contributed by atoms with E-state index in [1.54, 1.807) is 6.20 Å². The Labute approximate surface area is 187 Å². The molecule has 1 saturated heterocycles. The summed E-state index contributed by atoms with van der Waals surface area (Å²) >= 11 is 0. The zero-order valence-corrected chi connectivity index (χ0v) is 18.1. The van der Waals surface area contributed by atoms with Gasteiger partial charge in [0, 0.05) is 42.7 Å². The number of hydrogen-bond acceptors (Lipinski definition) is 7. The highest BCUT2D eigenvalue weighted by atomic mass is 16.5. The maximum atomic E-state index is 12.6. The van der Waals surface area contributed by atoms with Crippen molar-refractivity contribution in [3.8, 4) is 0 Å². The van der Waals surface area contributed by atoms with Gasteiger partial charge in [0.2, 0.25) is 0 Å². The quantitative estimate of drug-likeness (QED) is 0.488. The molecule has 0 radical (unpaired) electrons. The predicted octanol–water partition coefficient (Wildman–Crippen LogP) is 3.19. The summed E-state index contributed by atoms with van der Waals surface area (Å²) in [7, 11) is 0. The molecule has 1 aliphatic carbocycles. The number of nitrogens with zero attached hydrogens (tertiary/aromatic N) is 2. The average molecular weight is 435 g/mol. The number of H-pyrrole nitrogens is 1. The summed E-state index contributed by atoms with van der Waals surface area (Å²) in [6.07, 6.45) is 6.06. The largest absolute Gasteiger partial charge is 0.378 e. The second kappa shape index (κ2) is 9.18. The third kappa shape index (κ3) is 4.42. The molecule has 2 fully saturated rings. The number of ether oxygens (including phenoxy) is 1. The molecule has 5 N–H and O–H groups in total. The molecule has 0 spiro atoms. The molecule has 8 nitrogen and oxygen atoms in total. The van der Waals surface area contributed by atoms with Gasteiger partial charge in [0.1, 0.15) is 11.6 Å². The van der Waals surface area contributed by atoms with E-state index in [0.29, 0.717) is 11.2 Å². The molecule has 8 heteroatoms. The molecular formula is C24H30N6O2. The Morgan fingerprint density at radius 3 is 2.66 bits per heavy atom. The second-order valence-electron chi connectivity index (χ2n) is 8.60. The molecule has 0 amide bonds. The van der Waals surface area contributed by atoms with Gasteiger partial charge in [0.05, 0.1) is 18.6 Å². The molecule has 1 unspecified atom stereocenters. The monoisotopic (exact) mass is 434 g/mol. The van der Waals surface area contributed by atoms with E-state index in [0.717, 1.165) is 61.7 Å². The van der Waals surface area contributed by atoms with Gasteiger partial charge < -0.3 is 31.0 Å². The van der Waals surface area contributed by atoms with Crippen molar-refractivity contribution in [2.24, 2.45) is 5.73 Å². The first-order valence-electron chi connectivity index (χ1n) is 11.4. The van der Waals surface area contributed by atoms with Crippen molar-refractivity contribution in [1.29, 1.82) is 0 Å². The zero-order valence-electron chi connectivity index (χ0n) is 18.1. The lowest BCUT2D eigenvalue weighted by Crippen LogP contribution is -2.42. The third-order valence-corrected chi connectivity index (χ3v) is 6.41. The molecule has 0 bridgehead atoms. The number of pyridine rings is 2. The van der Waals surface area contributed by atoms with Crippen molar-refractivity contribution in [3.63, 3.8) is 0 Å². The fourth-order valence-corrected chi connectivity index (χ4v) is 4.62.